The Hall–Kier alpha value is -0.160. The smallest absolute Gasteiger partial charge is 0.0575 e. The zero-order chi connectivity index (χ0) is 10.3. The molecular formula is C9H22N2O2. The van der Waals surface area contributed by atoms with E-state index in [1.54, 1.807) is 0 Å². The molecule has 13 heavy (non-hydrogen) atoms. The Bertz CT molecular complexity index is 114. The average Bonchev–Trinajstić information content (AvgIpc) is 2.02. The highest BCUT2D eigenvalue weighted by atomic mass is 16.3. The minimum Gasteiger partial charge on any atom is -0.395 e. The Morgan fingerprint density at radius 3 is 1.92 bits per heavy atom. The number of rotatable bonds is 7. The van der Waals surface area contributed by atoms with E-state index >= 15 is 0 Å². The SMILES string of the molecule is CC(C)CC(N)N(CCO)CCO. The van der Waals surface area contributed by atoms with E-state index in [2.05, 4.69) is 13.8 Å². The molecule has 80 valence electrons. The van der Waals surface area contributed by atoms with Gasteiger partial charge in [-0.3, -0.25) is 4.90 Å². The second-order valence-corrected chi connectivity index (χ2v) is 3.68. The van der Waals surface area contributed by atoms with Crippen LogP contribution in [0.15, 0.2) is 0 Å². The van der Waals surface area contributed by atoms with Gasteiger partial charge in [0.1, 0.15) is 0 Å². The minimum atomic E-state index is -0.0562. The Kier molecular flexibility index (Phi) is 7.17. The number of hydrogen-bond acceptors (Lipinski definition) is 4. The molecule has 0 aliphatic carbocycles. The van der Waals surface area contributed by atoms with Crippen molar-refractivity contribution in [2.75, 3.05) is 26.3 Å². The summed E-state index contributed by atoms with van der Waals surface area (Å²) in [6, 6.07) is 0. The van der Waals surface area contributed by atoms with E-state index in [1.165, 1.54) is 0 Å². The Balaban J connectivity index is 3.86. The average molecular weight is 190 g/mol. The van der Waals surface area contributed by atoms with Gasteiger partial charge in [0, 0.05) is 13.1 Å². The van der Waals surface area contributed by atoms with E-state index in [1.807, 2.05) is 4.90 Å². The summed E-state index contributed by atoms with van der Waals surface area (Å²) in [7, 11) is 0. The van der Waals surface area contributed by atoms with Crippen LogP contribution >= 0.6 is 0 Å². The van der Waals surface area contributed by atoms with Crippen LogP contribution < -0.4 is 5.73 Å². The maximum Gasteiger partial charge on any atom is 0.0575 e. The number of hydrogen-bond donors (Lipinski definition) is 3. The molecule has 0 radical (unpaired) electrons. The van der Waals surface area contributed by atoms with Crippen LogP contribution in [0, 0.1) is 5.92 Å². The lowest BCUT2D eigenvalue weighted by Crippen LogP contribution is -2.45. The van der Waals surface area contributed by atoms with Gasteiger partial charge in [-0.1, -0.05) is 13.8 Å². The molecule has 0 saturated heterocycles. The summed E-state index contributed by atoms with van der Waals surface area (Å²) in [4.78, 5) is 1.90. The van der Waals surface area contributed by atoms with Crippen molar-refractivity contribution in [1.82, 2.24) is 4.90 Å². The van der Waals surface area contributed by atoms with Crippen LogP contribution in [0.25, 0.3) is 0 Å². The molecule has 0 aliphatic rings. The summed E-state index contributed by atoms with van der Waals surface area (Å²) in [5, 5.41) is 17.5. The normalized spacial score (nSPS) is 14.1. The summed E-state index contributed by atoms with van der Waals surface area (Å²) >= 11 is 0. The largest absolute Gasteiger partial charge is 0.395 e. The van der Waals surface area contributed by atoms with Crippen molar-refractivity contribution in [3.63, 3.8) is 0 Å². The molecule has 4 nitrogen and oxygen atoms in total. The van der Waals surface area contributed by atoms with Gasteiger partial charge in [-0.2, -0.15) is 0 Å². The van der Waals surface area contributed by atoms with Gasteiger partial charge in [-0.05, 0) is 12.3 Å². The van der Waals surface area contributed by atoms with Crippen molar-refractivity contribution in [3.8, 4) is 0 Å². The molecule has 0 amide bonds. The molecule has 0 aromatic carbocycles. The fraction of sp³-hybridized carbons (Fsp3) is 1.00. The molecule has 0 fully saturated rings. The lowest BCUT2D eigenvalue weighted by molar-refractivity contribution is 0.113. The van der Waals surface area contributed by atoms with Crippen LogP contribution in [0.4, 0.5) is 0 Å². The molecule has 0 aromatic rings. The van der Waals surface area contributed by atoms with Crippen molar-refractivity contribution in [2.24, 2.45) is 11.7 Å². The Morgan fingerprint density at radius 2 is 1.62 bits per heavy atom. The van der Waals surface area contributed by atoms with E-state index in [4.69, 9.17) is 15.9 Å². The predicted octanol–water partition coefficient (Wildman–Crippen LogP) is -0.396. The summed E-state index contributed by atoms with van der Waals surface area (Å²) < 4.78 is 0. The zero-order valence-electron chi connectivity index (χ0n) is 8.61. The summed E-state index contributed by atoms with van der Waals surface area (Å²) in [6.45, 7) is 5.46. The van der Waals surface area contributed by atoms with Crippen LogP contribution in [-0.2, 0) is 0 Å². The predicted molar refractivity (Wildman–Crippen MR) is 53.2 cm³/mol. The number of nitrogens with zero attached hydrogens (tertiary/aromatic N) is 1. The van der Waals surface area contributed by atoms with E-state index in [0.29, 0.717) is 19.0 Å². The van der Waals surface area contributed by atoms with E-state index in [9.17, 15) is 0 Å². The van der Waals surface area contributed by atoms with Crippen LogP contribution in [0.3, 0.4) is 0 Å². The summed E-state index contributed by atoms with van der Waals surface area (Å²) in [5.74, 6) is 0.537. The first-order valence-corrected chi connectivity index (χ1v) is 4.83. The molecule has 0 aromatic heterocycles. The molecular weight excluding hydrogens is 168 g/mol. The Labute approximate surface area is 80.3 Å². The topological polar surface area (TPSA) is 69.7 Å². The third-order valence-corrected chi connectivity index (χ3v) is 1.96. The van der Waals surface area contributed by atoms with Gasteiger partial charge < -0.3 is 15.9 Å². The molecule has 0 rings (SSSR count). The molecule has 0 heterocycles. The van der Waals surface area contributed by atoms with Gasteiger partial charge in [-0.25, -0.2) is 0 Å². The fourth-order valence-corrected chi connectivity index (χ4v) is 1.33. The van der Waals surface area contributed by atoms with Gasteiger partial charge in [0.15, 0.2) is 0 Å². The fourth-order valence-electron chi connectivity index (χ4n) is 1.33. The standard InChI is InChI=1S/C9H22N2O2/c1-8(2)7-9(10)11(3-5-12)4-6-13/h8-9,12-13H,3-7,10H2,1-2H3. The van der Waals surface area contributed by atoms with Crippen molar-refractivity contribution < 1.29 is 10.2 Å². The Morgan fingerprint density at radius 1 is 1.15 bits per heavy atom. The maximum absolute atomic E-state index is 8.77. The van der Waals surface area contributed by atoms with Crippen LogP contribution in [0.2, 0.25) is 0 Å². The number of aliphatic hydroxyl groups is 2. The van der Waals surface area contributed by atoms with Crippen molar-refractivity contribution in [1.29, 1.82) is 0 Å². The molecule has 0 spiro atoms. The van der Waals surface area contributed by atoms with Crippen molar-refractivity contribution >= 4 is 0 Å². The lowest BCUT2D eigenvalue weighted by Gasteiger charge is -2.28. The molecule has 4 heteroatoms. The molecule has 0 saturated carbocycles. The third-order valence-electron chi connectivity index (χ3n) is 1.96. The lowest BCUT2D eigenvalue weighted by atomic mass is 10.1. The van der Waals surface area contributed by atoms with Crippen molar-refractivity contribution in [2.45, 2.75) is 26.4 Å². The summed E-state index contributed by atoms with van der Waals surface area (Å²) in [6.07, 6.45) is 0.833. The summed E-state index contributed by atoms with van der Waals surface area (Å²) in [5.41, 5.74) is 5.89. The van der Waals surface area contributed by atoms with Crippen LogP contribution in [0.5, 0.6) is 0 Å². The highest BCUT2D eigenvalue weighted by molar-refractivity contribution is 4.66. The van der Waals surface area contributed by atoms with Crippen LogP contribution in [0.1, 0.15) is 20.3 Å². The molecule has 0 aliphatic heterocycles. The first-order chi connectivity index (χ1) is 6.11. The quantitative estimate of drug-likeness (QED) is 0.478. The first-order valence-electron chi connectivity index (χ1n) is 4.83. The van der Waals surface area contributed by atoms with E-state index in [0.717, 1.165) is 6.42 Å². The molecule has 1 atom stereocenters. The van der Waals surface area contributed by atoms with Gasteiger partial charge in [0.05, 0.1) is 19.4 Å². The third kappa shape index (κ3) is 5.99. The number of aliphatic hydroxyl groups excluding tert-OH is 2. The highest BCUT2D eigenvalue weighted by Gasteiger charge is 2.13. The van der Waals surface area contributed by atoms with Gasteiger partial charge in [0.2, 0.25) is 0 Å². The second kappa shape index (κ2) is 7.26. The monoisotopic (exact) mass is 190 g/mol. The molecule has 1 unspecified atom stereocenters. The van der Waals surface area contributed by atoms with Gasteiger partial charge in [-0.15, -0.1) is 0 Å². The zero-order valence-corrected chi connectivity index (χ0v) is 8.61. The number of nitrogens with two attached hydrogens (primary N) is 1. The van der Waals surface area contributed by atoms with E-state index in [-0.39, 0.29) is 19.4 Å². The van der Waals surface area contributed by atoms with Crippen LogP contribution in [-0.4, -0.2) is 47.6 Å². The second-order valence-electron chi connectivity index (χ2n) is 3.68. The van der Waals surface area contributed by atoms with Gasteiger partial charge in [0.25, 0.3) is 0 Å². The molecule has 0 bridgehead atoms. The maximum atomic E-state index is 8.77. The first kappa shape index (κ1) is 12.8. The van der Waals surface area contributed by atoms with E-state index < -0.39 is 0 Å². The van der Waals surface area contributed by atoms with Gasteiger partial charge >= 0.3 is 0 Å². The highest BCUT2D eigenvalue weighted by Crippen LogP contribution is 2.06. The molecule has 4 N–H and O–H groups in total. The van der Waals surface area contributed by atoms with Crippen molar-refractivity contribution in [3.05, 3.63) is 0 Å². The minimum absolute atomic E-state index is 0.0562.